The van der Waals surface area contributed by atoms with Crippen LogP contribution in [0.2, 0.25) is 5.28 Å². The van der Waals surface area contributed by atoms with Crippen molar-refractivity contribution in [3.8, 4) is 5.75 Å². The third kappa shape index (κ3) is 2.27. The minimum atomic E-state index is 0.133. The molecule has 1 rings (SSSR count). The van der Waals surface area contributed by atoms with E-state index in [4.69, 9.17) is 3.79 Å². The summed E-state index contributed by atoms with van der Waals surface area (Å²) in [5.41, 5.74) is 2.49. The van der Waals surface area contributed by atoms with Crippen LogP contribution in [0.5, 0.6) is 5.75 Å². The van der Waals surface area contributed by atoms with Gasteiger partial charge in [-0.3, -0.25) is 0 Å². The zero-order valence-corrected chi connectivity index (χ0v) is 9.08. The third-order valence-electron chi connectivity index (χ3n) is 1.78. The first-order valence-corrected chi connectivity index (χ1v) is 5.59. The van der Waals surface area contributed by atoms with Crippen LogP contribution in [0.4, 0.5) is 0 Å². The summed E-state index contributed by atoms with van der Waals surface area (Å²) in [5, 5.41) is 1.15. The van der Waals surface area contributed by atoms with Gasteiger partial charge in [-0.1, -0.05) is 0 Å². The second-order valence-corrected chi connectivity index (χ2v) is 4.30. The second-order valence-electron chi connectivity index (χ2n) is 2.91. The predicted octanol–water partition coefficient (Wildman–Crippen LogP) is 2.74. The zero-order chi connectivity index (χ0) is 8.97. The van der Waals surface area contributed by atoms with E-state index in [0.29, 0.717) is 0 Å². The Balaban J connectivity index is 2.81. The number of benzene rings is 1. The molecule has 1 aromatic carbocycles. The Morgan fingerprint density at radius 3 is 2.33 bits per heavy atom. The van der Waals surface area contributed by atoms with E-state index in [1.807, 2.05) is 0 Å². The molecular weight excluding hydrogens is 163 g/mol. The van der Waals surface area contributed by atoms with Crippen molar-refractivity contribution in [1.82, 2.24) is 0 Å². The molecule has 0 spiro atoms. The molecule has 0 atom stereocenters. The van der Waals surface area contributed by atoms with E-state index in [2.05, 4.69) is 39.0 Å². The Morgan fingerprint density at radius 1 is 1.25 bits per heavy atom. The van der Waals surface area contributed by atoms with Crippen molar-refractivity contribution in [3.63, 3.8) is 0 Å². The summed E-state index contributed by atoms with van der Waals surface area (Å²) in [6.45, 7) is 6.35. The van der Waals surface area contributed by atoms with E-state index < -0.39 is 0 Å². The molecule has 0 heterocycles. The average molecular weight is 177 g/mol. The van der Waals surface area contributed by atoms with Crippen molar-refractivity contribution in [1.29, 1.82) is 0 Å². The Morgan fingerprint density at radius 2 is 1.83 bits per heavy atom. The third-order valence-corrected chi connectivity index (χ3v) is 2.51. The van der Waals surface area contributed by atoms with E-state index in [0.717, 1.165) is 11.0 Å². The van der Waals surface area contributed by atoms with Crippen molar-refractivity contribution in [2.24, 2.45) is 0 Å². The molecule has 0 aliphatic rings. The van der Waals surface area contributed by atoms with Gasteiger partial charge < -0.3 is 0 Å². The van der Waals surface area contributed by atoms with Crippen LogP contribution in [0.3, 0.4) is 0 Å². The Bertz CT molecular complexity index is 238. The van der Waals surface area contributed by atoms with E-state index in [-0.39, 0.29) is 15.6 Å². The van der Waals surface area contributed by atoms with Gasteiger partial charge in [0, 0.05) is 0 Å². The summed E-state index contributed by atoms with van der Waals surface area (Å²) < 4.78 is 5.70. The molecular formula is C10H14AlO+. The fourth-order valence-electron chi connectivity index (χ4n) is 1.15. The molecule has 0 amide bonds. The Labute approximate surface area is 80.8 Å². The first-order valence-electron chi connectivity index (χ1n) is 4.30. The SMILES string of the molecule is C[CH2][Al+][O]c1c(C)cccc1C. The molecule has 1 nitrogen and oxygen atoms in total. The van der Waals surface area contributed by atoms with Gasteiger partial charge in [-0.25, -0.2) is 0 Å². The van der Waals surface area contributed by atoms with Gasteiger partial charge in [0.25, 0.3) is 0 Å². The fourth-order valence-corrected chi connectivity index (χ4v) is 1.86. The van der Waals surface area contributed by atoms with E-state index in [1.165, 1.54) is 11.1 Å². The summed E-state index contributed by atoms with van der Waals surface area (Å²) in [6.07, 6.45) is 0. The first-order chi connectivity index (χ1) is 5.75. The quantitative estimate of drug-likeness (QED) is 0.645. The molecule has 0 radical (unpaired) electrons. The van der Waals surface area contributed by atoms with E-state index in [9.17, 15) is 0 Å². The summed E-state index contributed by atoms with van der Waals surface area (Å²) in [7, 11) is 0. The van der Waals surface area contributed by atoms with Crippen molar-refractivity contribution in [3.05, 3.63) is 29.3 Å². The molecule has 12 heavy (non-hydrogen) atoms. The monoisotopic (exact) mass is 177 g/mol. The van der Waals surface area contributed by atoms with Gasteiger partial charge in [0.2, 0.25) is 0 Å². The van der Waals surface area contributed by atoms with Crippen LogP contribution >= 0.6 is 0 Å². The molecule has 0 saturated heterocycles. The first kappa shape index (κ1) is 9.64. The van der Waals surface area contributed by atoms with Crippen LogP contribution < -0.4 is 3.79 Å². The van der Waals surface area contributed by atoms with Gasteiger partial charge in [0.05, 0.1) is 0 Å². The van der Waals surface area contributed by atoms with Gasteiger partial charge in [0.15, 0.2) is 0 Å². The van der Waals surface area contributed by atoms with Gasteiger partial charge in [-0.15, -0.1) is 0 Å². The molecule has 0 saturated carbocycles. The molecule has 0 fully saturated rings. The second kappa shape index (κ2) is 4.55. The molecule has 2 heteroatoms. The maximum absolute atomic E-state index is 5.70. The molecule has 0 aromatic heterocycles. The van der Waals surface area contributed by atoms with Crippen LogP contribution in [-0.4, -0.2) is 15.6 Å². The van der Waals surface area contributed by atoms with Crippen molar-refractivity contribution >= 4 is 15.6 Å². The average Bonchev–Trinajstić information content (AvgIpc) is 2.04. The van der Waals surface area contributed by atoms with Gasteiger partial charge in [-0.2, -0.15) is 0 Å². The number of rotatable bonds is 3. The van der Waals surface area contributed by atoms with Gasteiger partial charge in [-0.05, 0) is 0 Å². The standard InChI is InChI=1S/C8H10O.C2H5.Al/c1-6-4-3-5-7(2)8(6)9;1-2;/h3-5,9H,1-2H3;1H2,2H3;/q;;+2/p-1. The summed E-state index contributed by atoms with van der Waals surface area (Å²) in [6, 6.07) is 6.26. The molecule has 62 valence electrons. The molecule has 0 aliphatic heterocycles. The normalized spacial score (nSPS) is 9.25. The number of para-hydroxylation sites is 1. The summed E-state index contributed by atoms with van der Waals surface area (Å²) in [4.78, 5) is 0. The Hall–Kier alpha value is -0.448. The van der Waals surface area contributed by atoms with E-state index in [1.54, 1.807) is 0 Å². The van der Waals surface area contributed by atoms with Crippen LogP contribution in [0.1, 0.15) is 18.1 Å². The van der Waals surface area contributed by atoms with Gasteiger partial charge in [0.1, 0.15) is 0 Å². The topological polar surface area (TPSA) is 9.23 Å². The van der Waals surface area contributed by atoms with Crippen LogP contribution in [-0.2, 0) is 0 Å². The van der Waals surface area contributed by atoms with Crippen LogP contribution in [0, 0.1) is 13.8 Å². The molecule has 0 bridgehead atoms. The van der Waals surface area contributed by atoms with Crippen LogP contribution in [0.15, 0.2) is 18.2 Å². The number of aryl methyl sites for hydroxylation is 2. The molecule has 0 unspecified atom stereocenters. The van der Waals surface area contributed by atoms with E-state index >= 15 is 0 Å². The number of hydrogen-bond donors (Lipinski definition) is 0. The van der Waals surface area contributed by atoms with Crippen molar-refractivity contribution in [2.45, 2.75) is 26.1 Å². The van der Waals surface area contributed by atoms with Crippen LogP contribution in [0.25, 0.3) is 0 Å². The predicted molar refractivity (Wildman–Crippen MR) is 52.8 cm³/mol. The number of hydrogen-bond acceptors (Lipinski definition) is 1. The minimum absolute atomic E-state index is 0.133. The maximum atomic E-state index is 5.70. The molecule has 1 aromatic rings. The summed E-state index contributed by atoms with van der Waals surface area (Å²) in [5.74, 6) is 1.09. The summed E-state index contributed by atoms with van der Waals surface area (Å²) >= 11 is 0.133. The van der Waals surface area contributed by atoms with Crippen molar-refractivity contribution in [2.75, 3.05) is 0 Å². The molecule has 0 aliphatic carbocycles. The van der Waals surface area contributed by atoms with Gasteiger partial charge >= 0.3 is 80.5 Å². The fraction of sp³-hybridized carbons (Fsp3) is 0.400. The molecule has 0 N–H and O–H groups in total. The van der Waals surface area contributed by atoms with Crippen molar-refractivity contribution < 1.29 is 3.79 Å². The Kier molecular flexibility index (Phi) is 3.65. The zero-order valence-electron chi connectivity index (χ0n) is 7.92.